The minimum Gasteiger partial charge on any atom is -0.496 e. The van der Waals surface area contributed by atoms with Gasteiger partial charge in [0.2, 0.25) is 5.91 Å². The molecule has 2 rings (SSSR count). The van der Waals surface area contributed by atoms with E-state index in [4.69, 9.17) is 27.9 Å². The molecule has 1 N–H and O–H groups in total. The van der Waals surface area contributed by atoms with E-state index in [2.05, 4.69) is 5.32 Å². The zero-order valence-electron chi connectivity index (χ0n) is 12.2. The van der Waals surface area contributed by atoms with Crippen molar-refractivity contribution in [3.05, 3.63) is 63.6 Å². The number of ether oxygens (including phenoxy) is 1. The van der Waals surface area contributed by atoms with E-state index >= 15 is 0 Å². The van der Waals surface area contributed by atoms with Gasteiger partial charge in [0.15, 0.2) is 0 Å². The maximum absolute atomic E-state index is 12.0. The largest absolute Gasteiger partial charge is 0.496 e. The number of hydrogen-bond acceptors (Lipinski definition) is 2. The second kappa shape index (κ2) is 8.06. The van der Waals surface area contributed by atoms with E-state index in [1.54, 1.807) is 25.3 Å². The number of carbonyl (C=O) groups excluding carboxylic acids is 1. The molecule has 0 spiro atoms. The summed E-state index contributed by atoms with van der Waals surface area (Å²) in [5, 5.41) is 3.95. The summed E-state index contributed by atoms with van der Waals surface area (Å²) in [6, 6.07) is 12.9. The molecule has 0 radical (unpaired) electrons. The van der Waals surface area contributed by atoms with Crippen LogP contribution in [0.25, 0.3) is 0 Å². The van der Waals surface area contributed by atoms with Crippen molar-refractivity contribution < 1.29 is 9.53 Å². The van der Waals surface area contributed by atoms with Crippen molar-refractivity contribution in [2.45, 2.75) is 12.8 Å². The fourth-order valence-corrected chi connectivity index (χ4v) is 2.62. The Morgan fingerprint density at radius 2 is 1.91 bits per heavy atom. The Morgan fingerprint density at radius 3 is 2.64 bits per heavy atom. The maximum Gasteiger partial charge on any atom is 0.224 e. The Kier molecular flexibility index (Phi) is 6.10. The molecule has 0 unspecified atom stereocenters. The molecule has 116 valence electrons. The molecule has 0 saturated carbocycles. The number of carbonyl (C=O) groups is 1. The number of hydrogen-bond donors (Lipinski definition) is 1. The van der Waals surface area contributed by atoms with Gasteiger partial charge >= 0.3 is 0 Å². The summed E-state index contributed by atoms with van der Waals surface area (Å²) in [5.74, 6) is 0.761. The van der Waals surface area contributed by atoms with Gasteiger partial charge < -0.3 is 10.1 Å². The van der Waals surface area contributed by atoms with E-state index in [9.17, 15) is 4.79 Å². The molecule has 0 heterocycles. The number of amides is 1. The molecule has 2 aromatic carbocycles. The number of nitrogens with one attached hydrogen (secondary N) is 1. The van der Waals surface area contributed by atoms with Crippen molar-refractivity contribution >= 4 is 29.1 Å². The van der Waals surface area contributed by atoms with Crippen molar-refractivity contribution in [1.82, 2.24) is 5.32 Å². The Balaban J connectivity index is 1.85. The SMILES string of the molecule is COc1ccccc1CCNC(=O)Cc1ccc(Cl)cc1Cl. The lowest BCUT2D eigenvalue weighted by molar-refractivity contribution is -0.120. The lowest BCUT2D eigenvalue weighted by Gasteiger charge is -2.09. The van der Waals surface area contributed by atoms with Gasteiger partial charge in [0.25, 0.3) is 0 Å². The molecule has 0 saturated heterocycles. The minimum absolute atomic E-state index is 0.0703. The zero-order chi connectivity index (χ0) is 15.9. The molecule has 3 nitrogen and oxygen atoms in total. The third kappa shape index (κ3) is 4.65. The number of para-hydroxylation sites is 1. The van der Waals surface area contributed by atoms with E-state index in [1.165, 1.54) is 0 Å². The van der Waals surface area contributed by atoms with E-state index in [0.29, 0.717) is 23.0 Å². The van der Waals surface area contributed by atoms with Crippen molar-refractivity contribution in [3.63, 3.8) is 0 Å². The molecule has 5 heteroatoms. The molecule has 0 aromatic heterocycles. The van der Waals surface area contributed by atoms with Crippen molar-refractivity contribution in [3.8, 4) is 5.75 Å². The molecule has 1 amide bonds. The van der Waals surface area contributed by atoms with Crippen LogP contribution >= 0.6 is 23.2 Å². The molecule has 0 bridgehead atoms. The highest BCUT2D eigenvalue weighted by Gasteiger charge is 2.08. The average Bonchev–Trinajstić information content (AvgIpc) is 2.50. The molecule has 22 heavy (non-hydrogen) atoms. The monoisotopic (exact) mass is 337 g/mol. The van der Waals surface area contributed by atoms with Crippen molar-refractivity contribution in [2.75, 3.05) is 13.7 Å². The summed E-state index contributed by atoms with van der Waals surface area (Å²) in [5.41, 5.74) is 1.83. The van der Waals surface area contributed by atoms with Gasteiger partial charge in [-0.25, -0.2) is 0 Å². The van der Waals surface area contributed by atoms with Crippen LogP contribution in [0.5, 0.6) is 5.75 Å². The predicted octanol–water partition coefficient (Wildman–Crippen LogP) is 3.90. The third-order valence-electron chi connectivity index (χ3n) is 3.28. The molecular formula is C17H17Cl2NO2. The second-order valence-electron chi connectivity index (χ2n) is 4.82. The zero-order valence-corrected chi connectivity index (χ0v) is 13.7. The lowest BCUT2D eigenvalue weighted by atomic mass is 10.1. The fraction of sp³-hybridized carbons (Fsp3) is 0.235. The Labute approximate surface area is 140 Å². The summed E-state index contributed by atoms with van der Waals surface area (Å²) >= 11 is 11.9. The number of benzene rings is 2. The van der Waals surface area contributed by atoms with Crippen LogP contribution in [-0.4, -0.2) is 19.6 Å². The van der Waals surface area contributed by atoms with Gasteiger partial charge in [0, 0.05) is 16.6 Å². The van der Waals surface area contributed by atoms with Gasteiger partial charge in [-0.2, -0.15) is 0 Å². The molecule has 2 aromatic rings. The molecule has 0 atom stereocenters. The van der Waals surface area contributed by atoms with Crippen LogP contribution in [0.3, 0.4) is 0 Å². The van der Waals surface area contributed by atoms with Gasteiger partial charge in [-0.1, -0.05) is 47.5 Å². The first-order chi connectivity index (χ1) is 10.6. The number of rotatable bonds is 6. The van der Waals surface area contributed by atoms with Crippen LogP contribution in [-0.2, 0) is 17.6 Å². The highest BCUT2D eigenvalue weighted by Crippen LogP contribution is 2.21. The molecule has 0 aliphatic rings. The molecule has 0 aliphatic carbocycles. The van der Waals surface area contributed by atoms with Gasteiger partial charge in [0.05, 0.1) is 13.5 Å². The molecular weight excluding hydrogens is 321 g/mol. The fourth-order valence-electron chi connectivity index (χ4n) is 2.15. The first kappa shape index (κ1) is 16.7. The summed E-state index contributed by atoms with van der Waals surface area (Å²) in [7, 11) is 1.64. The molecule has 0 aliphatic heterocycles. The van der Waals surface area contributed by atoms with Gasteiger partial charge in [-0.15, -0.1) is 0 Å². The van der Waals surface area contributed by atoms with E-state index in [0.717, 1.165) is 16.9 Å². The van der Waals surface area contributed by atoms with Crippen LogP contribution in [0.2, 0.25) is 10.0 Å². The Morgan fingerprint density at radius 1 is 1.14 bits per heavy atom. The van der Waals surface area contributed by atoms with E-state index < -0.39 is 0 Å². The van der Waals surface area contributed by atoms with Crippen LogP contribution in [0, 0.1) is 0 Å². The van der Waals surface area contributed by atoms with Crippen LogP contribution < -0.4 is 10.1 Å². The first-order valence-electron chi connectivity index (χ1n) is 6.92. The Hall–Kier alpha value is -1.71. The predicted molar refractivity (Wildman–Crippen MR) is 89.9 cm³/mol. The third-order valence-corrected chi connectivity index (χ3v) is 3.86. The highest BCUT2D eigenvalue weighted by atomic mass is 35.5. The Bertz CT molecular complexity index is 659. The second-order valence-corrected chi connectivity index (χ2v) is 5.67. The van der Waals surface area contributed by atoms with Crippen LogP contribution in [0.4, 0.5) is 0 Å². The van der Waals surface area contributed by atoms with Gasteiger partial charge in [-0.05, 0) is 35.7 Å². The van der Waals surface area contributed by atoms with Crippen molar-refractivity contribution in [1.29, 1.82) is 0 Å². The standard InChI is InChI=1S/C17H17Cl2NO2/c1-22-16-5-3-2-4-12(16)8-9-20-17(21)10-13-6-7-14(18)11-15(13)19/h2-7,11H,8-10H2,1H3,(H,20,21). The summed E-state index contributed by atoms with van der Waals surface area (Å²) in [6.07, 6.45) is 0.950. The number of halogens is 2. The summed E-state index contributed by atoms with van der Waals surface area (Å²) in [6.45, 7) is 0.546. The normalized spacial score (nSPS) is 10.3. The van der Waals surface area contributed by atoms with Crippen LogP contribution in [0.1, 0.15) is 11.1 Å². The topological polar surface area (TPSA) is 38.3 Å². The first-order valence-corrected chi connectivity index (χ1v) is 7.68. The van der Waals surface area contributed by atoms with Gasteiger partial charge in [0.1, 0.15) is 5.75 Å². The van der Waals surface area contributed by atoms with Gasteiger partial charge in [-0.3, -0.25) is 4.79 Å². The number of methoxy groups -OCH3 is 1. The average molecular weight is 338 g/mol. The lowest BCUT2D eigenvalue weighted by Crippen LogP contribution is -2.27. The van der Waals surface area contributed by atoms with Crippen molar-refractivity contribution in [2.24, 2.45) is 0 Å². The van der Waals surface area contributed by atoms with E-state index in [1.807, 2.05) is 24.3 Å². The molecule has 0 fully saturated rings. The minimum atomic E-state index is -0.0703. The summed E-state index contributed by atoms with van der Waals surface area (Å²) in [4.78, 5) is 12.0. The quantitative estimate of drug-likeness (QED) is 0.867. The summed E-state index contributed by atoms with van der Waals surface area (Å²) < 4.78 is 5.28. The highest BCUT2D eigenvalue weighted by molar-refractivity contribution is 6.35. The smallest absolute Gasteiger partial charge is 0.224 e. The van der Waals surface area contributed by atoms with Crippen LogP contribution in [0.15, 0.2) is 42.5 Å². The maximum atomic E-state index is 12.0. The van der Waals surface area contributed by atoms with E-state index in [-0.39, 0.29) is 12.3 Å².